The molecule has 1 aromatic heterocycles. The van der Waals surface area contributed by atoms with Crippen molar-refractivity contribution in [3.8, 4) is 17.1 Å². The number of methoxy groups -OCH3 is 1. The normalized spacial score (nSPS) is 14.7. The number of hydrogen-bond acceptors (Lipinski definition) is 5. The summed E-state index contributed by atoms with van der Waals surface area (Å²) >= 11 is 0. The summed E-state index contributed by atoms with van der Waals surface area (Å²) < 4.78 is 11.0. The van der Waals surface area contributed by atoms with Gasteiger partial charge in [0.25, 0.3) is 0 Å². The van der Waals surface area contributed by atoms with Crippen LogP contribution in [0.5, 0.6) is 5.75 Å². The van der Waals surface area contributed by atoms with Crippen LogP contribution in [0.4, 0.5) is 5.69 Å². The van der Waals surface area contributed by atoms with Gasteiger partial charge in [-0.05, 0) is 12.1 Å². The summed E-state index contributed by atoms with van der Waals surface area (Å²) in [7, 11) is 3.53. The SMILES string of the molecule is CN=C(NCc1cc(-c2ccccc2)on1)N1CCN(c2ccccc2OC)CC1. The van der Waals surface area contributed by atoms with E-state index in [0.29, 0.717) is 6.54 Å². The molecule has 0 spiro atoms. The Bertz CT molecular complexity index is 978. The van der Waals surface area contributed by atoms with Crippen LogP contribution < -0.4 is 15.0 Å². The quantitative estimate of drug-likeness (QED) is 0.519. The zero-order chi connectivity index (χ0) is 20.8. The zero-order valence-corrected chi connectivity index (χ0v) is 17.4. The Morgan fingerprint density at radius 1 is 1.07 bits per heavy atom. The molecule has 156 valence electrons. The predicted octanol–water partition coefficient (Wildman–Crippen LogP) is 3.25. The number of rotatable bonds is 5. The van der Waals surface area contributed by atoms with E-state index in [0.717, 1.165) is 60.6 Å². The van der Waals surface area contributed by atoms with Gasteiger partial charge in [-0.25, -0.2) is 0 Å². The van der Waals surface area contributed by atoms with E-state index < -0.39 is 0 Å². The van der Waals surface area contributed by atoms with Crippen molar-refractivity contribution in [3.63, 3.8) is 0 Å². The summed E-state index contributed by atoms with van der Waals surface area (Å²) in [6, 6.07) is 20.1. The van der Waals surface area contributed by atoms with Crippen LogP contribution in [0, 0.1) is 0 Å². The number of ether oxygens (including phenoxy) is 1. The minimum atomic E-state index is 0.565. The summed E-state index contributed by atoms with van der Waals surface area (Å²) in [5.74, 6) is 2.56. The molecule has 1 saturated heterocycles. The highest BCUT2D eigenvalue weighted by Crippen LogP contribution is 2.28. The molecule has 4 rings (SSSR count). The van der Waals surface area contributed by atoms with Crippen LogP contribution in [0.25, 0.3) is 11.3 Å². The maximum atomic E-state index is 5.51. The lowest BCUT2D eigenvalue weighted by atomic mass is 10.2. The third-order valence-electron chi connectivity index (χ3n) is 5.26. The van der Waals surface area contributed by atoms with Gasteiger partial charge < -0.3 is 24.4 Å². The highest BCUT2D eigenvalue weighted by atomic mass is 16.5. The molecule has 1 aliphatic rings. The van der Waals surface area contributed by atoms with Crippen LogP contribution in [0.1, 0.15) is 5.69 Å². The topological polar surface area (TPSA) is 66.1 Å². The van der Waals surface area contributed by atoms with Crippen LogP contribution in [0.15, 0.2) is 70.2 Å². The molecule has 2 aromatic carbocycles. The highest BCUT2D eigenvalue weighted by Gasteiger charge is 2.21. The Labute approximate surface area is 177 Å². The first-order valence-corrected chi connectivity index (χ1v) is 10.1. The van der Waals surface area contributed by atoms with Crippen LogP contribution in [0.3, 0.4) is 0 Å². The fourth-order valence-electron chi connectivity index (χ4n) is 3.69. The van der Waals surface area contributed by atoms with E-state index in [1.807, 2.05) is 61.6 Å². The number of piperazine rings is 1. The van der Waals surface area contributed by atoms with Gasteiger partial charge in [0.1, 0.15) is 11.4 Å². The molecular weight excluding hydrogens is 378 g/mol. The summed E-state index contributed by atoms with van der Waals surface area (Å²) in [6.07, 6.45) is 0. The van der Waals surface area contributed by atoms with E-state index in [4.69, 9.17) is 9.26 Å². The molecule has 2 heterocycles. The molecular formula is C23H27N5O2. The Hall–Kier alpha value is -3.48. The average Bonchev–Trinajstić information content (AvgIpc) is 3.29. The van der Waals surface area contributed by atoms with Crippen molar-refractivity contribution in [2.45, 2.75) is 6.54 Å². The second-order valence-corrected chi connectivity index (χ2v) is 7.10. The van der Waals surface area contributed by atoms with Crippen molar-refractivity contribution >= 4 is 11.6 Å². The summed E-state index contributed by atoms with van der Waals surface area (Å²) in [6.45, 7) is 4.14. The summed E-state index contributed by atoms with van der Waals surface area (Å²) in [5, 5.41) is 7.59. The molecule has 0 radical (unpaired) electrons. The van der Waals surface area contributed by atoms with Gasteiger partial charge in [-0.3, -0.25) is 4.99 Å². The Morgan fingerprint density at radius 2 is 1.80 bits per heavy atom. The number of guanidine groups is 1. The van der Waals surface area contributed by atoms with Gasteiger partial charge in [-0.1, -0.05) is 47.6 Å². The first-order chi connectivity index (χ1) is 14.8. The fraction of sp³-hybridized carbons (Fsp3) is 0.304. The van der Waals surface area contributed by atoms with Crippen molar-refractivity contribution in [3.05, 3.63) is 66.4 Å². The fourth-order valence-corrected chi connectivity index (χ4v) is 3.69. The first-order valence-electron chi connectivity index (χ1n) is 10.1. The Morgan fingerprint density at radius 3 is 2.53 bits per heavy atom. The van der Waals surface area contributed by atoms with E-state index in [-0.39, 0.29) is 0 Å². The average molecular weight is 406 g/mol. The van der Waals surface area contributed by atoms with Gasteiger partial charge in [0.2, 0.25) is 0 Å². The van der Waals surface area contributed by atoms with Gasteiger partial charge >= 0.3 is 0 Å². The number of anilines is 1. The largest absolute Gasteiger partial charge is 0.495 e. The number of aromatic nitrogens is 1. The molecule has 0 bridgehead atoms. The molecule has 0 amide bonds. The minimum Gasteiger partial charge on any atom is -0.495 e. The maximum Gasteiger partial charge on any atom is 0.194 e. The zero-order valence-electron chi connectivity index (χ0n) is 17.4. The molecule has 30 heavy (non-hydrogen) atoms. The molecule has 1 N–H and O–H groups in total. The van der Waals surface area contributed by atoms with Crippen LogP contribution in [0.2, 0.25) is 0 Å². The van der Waals surface area contributed by atoms with Crippen LogP contribution in [-0.4, -0.2) is 56.4 Å². The molecule has 0 atom stereocenters. The van der Waals surface area contributed by atoms with Crippen molar-refractivity contribution in [2.75, 3.05) is 45.2 Å². The lowest BCUT2D eigenvalue weighted by Crippen LogP contribution is -2.52. The number of benzene rings is 2. The third kappa shape index (κ3) is 4.40. The van der Waals surface area contributed by atoms with E-state index in [1.165, 1.54) is 0 Å². The van der Waals surface area contributed by atoms with Crippen molar-refractivity contribution < 1.29 is 9.26 Å². The van der Waals surface area contributed by atoms with E-state index in [1.54, 1.807) is 7.11 Å². The molecule has 0 saturated carbocycles. The van der Waals surface area contributed by atoms with Crippen molar-refractivity contribution in [1.82, 2.24) is 15.4 Å². The summed E-state index contributed by atoms with van der Waals surface area (Å²) in [4.78, 5) is 9.07. The number of para-hydroxylation sites is 2. The second-order valence-electron chi connectivity index (χ2n) is 7.10. The highest BCUT2D eigenvalue weighted by molar-refractivity contribution is 5.80. The van der Waals surface area contributed by atoms with Gasteiger partial charge in [-0.15, -0.1) is 0 Å². The maximum absolute atomic E-state index is 5.51. The van der Waals surface area contributed by atoms with Crippen molar-refractivity contribution in [1.29, 1.82) is 0 Å². The van der Waals surface area contributed by atoms with Gasteiger partial charge in [0.05, 0.1) is 19.3 Å². The Kier molecular flexibility index (Phi) is 6.17. The summed E-state index contributed by atoms with van der Waals surface area (Å²) in [5.41, 5.74) is 3.01. The molecule has 1 aliphatic heterocycles. The number of aliphatic imine (C=N–C) groups is 1. The molecule has 7 heteroatoms. The predicted molar refractivity (Wildman–Crippen MR) is 119 cm³/mol. The molecule has 0 aliphatic carbocycles. The standard InChI is InChI=1S/C23H27N5O2/c1-24-23(25-17-19-16-22(30-26-19)18-8-4-3-5-9-18)28-14-12-27(13-15-28)20-10-6-7-11-21(20)29-2/h3-11,16H,12-15,17H2,1-2H3,(H,24,25). The smallest absolute Gasteiger partial charge is 0.194 e. The number of hydrogen-bond donors (Lipinski definition) is 1. The van der Waals surface area contributed by atoms with Crippen LogP contribution in [-0.2, 0) is 6.54 Å². The number of nitrogens with one attached hydrogen (secondary N) is 1. The van der Waals surface area contributed by atoms with Crippen LogP contribution >= 0.6 is 0 Å². The van der Waals surface area contributed by atoms with Gasteiger partial charge in [0, 0.05) is 44.9 Å². The Balaban J connectivity index is 1.33. The monoisotopic (exact) mass is 405 g/mol. The molecule has 3 aromatic rings. The second kappa shape index (κ2) is 9.35. The first kappa shape index (κ1) is 19.8. The molecule has 1 fully saturated rings. The van der Waals surface area contributed by atoms with Gasteiger partial charge in [-0.2, -0.15) is 0 Å². The number of nitrogens with zero attached hydrogens (tertiary/aromatic N) is 4. The van der Waals surface area contributed by atoms with Gasteiger partial charge in [0.15, 0.2) is 11.7 Å². The molecule has 7 nitrogen and oxygen atoms in total. The van der Waals surface area contributed by atoms with E-state index in [9.17, 15) is 0 Å². The van der Waals surface area contributed by atoms with E-state index in [2.05, 4.69) is 31.3 Å². The minimum absolute atomic E-state index is 0.565. The third-order valence-corrected chi connectivity index (χ3v) is 5.26. The molecule has 0 unspecified atom stereocenters. The lowest BCUT2D eigenvalue weighted by Gasteiger charge is -2.38. The van der Waals surface area contributed by atoms with Crippen molar-refractivity contribution in [2.24, 2.45) is 4.99 Å². The van der Waals surface area contributed by atoms with E-state index >= 15 is 0 Å². The lowest BCUT2D eigenvalue weighted by molar-refractivity contribution is 0.365.